The number of nitrogens with zero attached hydrogens (tertiary/aromatic N) is 6. The summed E-state index contributed by atoms with van der Waals surface area (Å²) in [4.78, 5) is 105. The standard InChI is InChI=1S/C60H97N4O12P.C17H18N4O5/c1-4-6-8-10-12-14-16-18-20-22-23-25-27-29-31-33-37-56(67)73-48-52(76-57(68)38-34-32-30-28-26-24-21-19-17-15-13-11-9-7-5-2)49-75-77(69,70)74-43-35-36-54(65)51-41-39-50(40-42-51)47-64-55(66)46-53-58(61)62-60(63-59(53)64)72-45-44-71-3;1-25-6-7-26-17-19-14(18)12-8-13(22)21(15(12)20-17)9-10-2-4-11(5-3-10)16(23)24/h19-22,39-42,52H,4-18,23-38,43-49H2,1-3H3,(H,69,70)(H2,61,62,63);2-5H,6-9H2,1H3,(H,23,24)(H2,18,19,20)/b21-19+,22-20+;. The molecule has 0 saturated heterocycles. The van der Waals surface area contributed by atoms with Crippen molar-refractivity contribution in [3.05, 3.63) is 106 Å². The Morgan fingerprint density at radius 3 is 1.34 bits per heavy atom. The highest BCUT2D eigenvalue weighted by Gasteiger charge is 2.34. The number of ether oxygens (including phenoxy) is 6. The van der Waals surface area contributed by atoms with Crippen LogP contribution in [0.25, 0.3) is 0 Å². The quantitative estimate of drug-likeness (QED) is 0.0105. The van der Waals surface area contributed by atoms with Gasteiger partial charge in [-0.05, 0) is 93.9 Å². The number of rotatable bonds is 56. The molecule has 2 aromatic heterocycles. The van der Waals surface area contributed by atoms with Gasteiger partial charge in [0.15, 0.2) is 11.9 Å². The maximum absolute atomic E-state index is 13.1. The number of aromatic carboxylic acids is 1. The van der Waals surface area contributed by atoms with E-state index in [1.54, 1.807) is 50.6 Å². The van der Waals surface area contributed by atoms with E-state index < -0.39 is 38.4 Å². The van der Waals surface area contributed by atoms with E-state index in [0.29, 0.717) is 54.4 Å². The van der Waals surface area contributed by atoms with Crippen LogP contribution in [-0.4, -0.2) is 132 Å². The highest BCUT2D eigenvalue weighted by Crippen LogP contribution is 2.44. The lowest BCUT2D eigenvalue weighted by molar-refractivity contribution is -0.161. The number of benzene rings is 2. The van der Waals surface area contributed by atoms with Crippen LogP contribution in [0.3, 0.4) is 0 Å². The fourth-order valence-corrected chi connectivity index (χ4v) is 12.3. The number of phosphoric ester groups is 1. The molecule has 103 heavy (non-hydrogen) atoms. The number of amides is 2. The molecule has 2 aliphatic heterocycles. The molecule has 6 N–H and O–H groups in total. The average molecular weight is 1460 g/mol. The van der Waals surface area contributed by atoms with Gasteiger partial charge in [-0.1, -0.05) is 184 Å². The van der Waals surface area contributed by atoms with E-state index in [1.807, 2.05) is 0 Å². The molecule has 25 nitrogen and oxygen atoms in total. The summed E-state index contributed by atoms with van der Waals surface area (Å²) in [5, 5.41) is 8.96. The monoisotopic (exact) mass is 1450 g/mol. The molecular weight excluding hydrogens is 1340 g/mol. The summed E-state index contributed by atoms with van der Waals surface area (Å²) in [6.45, 7) is 4.98. The number of aromatic nitrogens is 4. The Balaban J connectivity index is 0.000000607. The number of Topliss-reactive ketones (excluding diaryl/α,β-unsaturated/α-hetero) is 1. The zero-order valence-electron chi connectivity index (χ0n) is 61.5. The number of carbonyl (C=O) groups excluding carboxylic acids is 5. The van der Waals surface area contributed by atoms with E-state index in [9.17, 15) is 38.2 Å². The van der Waals surface area contributed by atoms with Gasteiger partial charge in [-0.25, -0.2) is 9.36 Å². The van der Waals surface area contributed by atoms with Crippen LogP contribution in [0.5, 0.6) is 12.0 Å². The minimum atomic E-state index is -4.65. The third-order valence-electron chi connectivity index (χ3n) is 17.4. The van der Waals surface area contributed by atoms with E-state index in [0.717, 1.165) is 88.2 Å². The lowest BCUT2D eigenvalue weighted by Crippen LogP contribution is -2.29. The van der Waals surface area contributed by atoms with Gasteiger partial charge in [0.05, 0.1) is 57.9 Å². The fraction of sp³-hybridized carbons (Fsp3) is 0.610. The number of hydrogen-bond acceptors (Lipinski definition) is 21. The first-order chi connectivity index (χ1) is 49.9. The van der Waals surface area contributed by atoms with Crippen LogP contribution < -0.4 is 30.7 Å². The number of ketones is 1. The summed E-state index contributed by atoms with van der Waals surface area (Å²) in [5.41, 5.74) is 15.3. The Labute approximate surface area is 609 Å². The molecular formula is C77H115N8O17P. The largest absolute Gasteiger partial charge is 0.478 e. The van der Waals surface area contributed by atoms with Crippen molar-refractivity contribution in [2.45, 2.75) is 245 Å². The number of nitrogen functional groups attached to an aromatic ring is 2. The zero-order chi connectivity index (χ0) is 74.3. The number of allylic oxidation sites excluding steroid dienone is 4. The van der Waals surface area contributed by atoms with Gasteiger partial charge < -0.3 is 49.9 Å². The van der Waals surface area contributed by atoms with Gasteiger partial charge in [0.1, 0.15) is 43.1 Å². The molecule has 0 spiro atoms. The SMILES string of the molecule is CCCCCCCC/C=C/CCCCCCCC(=O)OC(COC(=O)CCCCCCC/C=C/CCCCCCCCC)COP(=O)(O)OCCCC(=O)c1ccc(CN2C(=O)Cc3c(N)nc(OCCOC)nc32)cc1.COCCOc1nc(N)c2c(n1)N(Cc1ccc(C(=O)O)cc1)C(=O)C2. The summed E-state index contributed by atoms with van der Waals surface area (Å²) in [7, 11) is -1.55. The first-order valence-corrected chi connectivity index (χ1v) is 38.8. The zero-order valence-corrected chi connectivity index (χ0v) is 62.4. The summed E-state index contributed by atoms with van der Waals surface area (Å²) >= 11 is 0. The van der Waals surface area contributed by atoms with E-state index in [2.05, 4.69) is 58.1 Å². The Bertz CT molecular complexity index is 3280. The lowest BCUT2D eigenvalue weighted by Gasteiger charge is -2.20. The minimum absolute atomic E-state index is 0.0165. The van der Waals surface area contributed by atoms with Crippen LogP contribution in [0, 0.1) is 0 Å². The number of methoxy groups -OCH3 is 2. The predicted molar refractivity (Wildman–Crippen MR) is 397 cm³/mol. The first-order valence-electron chi connectivity index (χ1n) is 37.3. The highest BCUT2D eigenvalue weighted by atomic mass is 31.2. The molecule has 2 unspecified atom stereocenters. The number of carbonyl (C=O) groups is 6. The molecule has 4 aromatic rings. The molecule has 26 heteroatoms. The Morgan fingerprint density at radius 1 is 0.505 bits per heavy atom. The number of hydrogen-bond donors (Lipinski definition) is 4. The number of carboxylic acid groups (broad SMARTS) is 1. The molecule has 6 rings (SSSR count). The van der Waals surface area contributed by atoms with E-state index >= 15 is 0 Å². The smallest absolute Gasteiger partial charge is 0.472 e. The second kappa shape index (κ2) is 50.7. The van der Waals surface area contributed by atoms with Crippen molar-refractivity contribution in [1.29, 1.82) is 0 Å². The van der Waals surface area contributed by atoms with Crippen molar-refractivity contribution in [3.63, 3.8) is 0 Å². The van der Waals surface area contributed by atoms with Gasteiger partial charge in [-0.2, -0.15) is 19.9 Å². The average Bonchev–Trinajstić information content (AvgIpc) is 1.65. The Kier molecular flexibility index (Phi) is 42.3. The molecule has 4 heterocycles. The molecule has 570 valence electrons. The lowest BCUT2D eigenvalue weighted by atomic mass is 10.0. The fourth-order valence-electron chi connectivity index (χ4n) is 11.5. The second-order valence-electron chi connectivity index (χ2n) is 26.0. The van der Waals surface area contributed by atoms with Crippen LogP contribution in [0.2, 0.25) is 0 Å². The summed E-state index contributed by atoms with van der Waals surface area (Å²) in [6.07, 6.45) is 39.8. The molecule has 0 saturated carbocycles. The maximum Gasteiger partial charge on any atom is 0.472 e. The molecule has 0 radical (unpaired) electrons. The van der Waals surface area contributed by atoms with E-state index in [4.69, 9.17) is 54.0 Å². The Morgan fingerprint density at radius 2 is 0.913 bits per heavy atom. The van der Waals surface area contributed by atoms with Crippen molar-refractivity contribution >= 4 is 66.6 Å². The number of carboxylic acids is 1. The van der Waals surface area contributed by atoms with Crippen molar-refractivity contribution in [2.75, 3.05) is 81.7 Å². The topological polar surface area (TPSA) is 344 Å². The maximum atomic E-state index is 13.1. The normalized spacial score (nSPS) is 13.4. The third kappa shape index (κ3) is 34.7. The summed E-state index contributed by atoms with van der Waals surface area (Å²) in [5.74, 6) is -1.35. The third-order valence-corrected chi connectivity index (χ3v) is 18.4. The van der Waals surface area contributed by atoms with Gasteiger partial charge in [0, 0.05) is 50.2 Å². The van der Waals surface area contributed by atoms with Crippen molar-refractivity contribution in [3.8, 4) is 12.0 Å². The van der Waals surface area contributed by atoms with Crippen molar-refractivity contribution in [2.24, 2.45) is 0 Å². The van der Waals surface area contributed by atoms with Gasteiger partial charge >= 0.3 is 37.8 Å². The number of unbranched alkanes of at least 4 members (excludes halogenated alkanes) is 23. The predicted octanol–water partition coefficient (Wildman–Crippen LogP) is 15.1. The van der Waals surface area contributed by atoms with Crippen LogP contribution in [0.15, 0.2) is 72.8 Å². The van der Waals surface area contributed by atoms with Gasteiger partial charge in [0.2, 0.25) is 11.8 Å². The van der Waals surface area contributed by atoms with Crippen molar-refractivity contribution in [1.82, 2.24) is 19.9 Å². The molecule has 0 aliphatic carbocycles. The second-order valence-corrected chi connectivity index (χ2v) is 27.5. The summed E-state index contributed by atoms with van der Waals surface area (Å²) < 4.78 is 55.3. The molecule has 2 amide bonds. The first kappa shape index (κ1) is 86.0. The molecule has 2 aliphatic rings. The van der Waals surface area contributed by atoms with Crippen molar-refractivity contribution < 1.29 is 80.8 Å². The minimum Gasteiger partial charge on any atom is -0.478 e. The summed E-state index contributed by atoms with van der Waals surface area (Å²) in [6, 6.07) is 13.2. The number of esters is 2. The molecule has 0 fully saturated rings. The van der Waals surface area contributed by atoms with Gasteiger partial charge in [-0.3, -0.25) is 42.8 Å². The number of anilines is 4. The van der Waals surface area contributed by atoms with Crippen LogP contribution in [-0.2, 0) is 77.7 Å². The van der Waals surface area contributed by atoms with Gasteiger partial charge in [0.25, 0.3) is 0 Å². The van der Waals surface area contributed by atoms with Crippen LogP contribution in [0.1, 0.15) is 256 Å². The van der Waals surface area contributed by atoms with E-state index in [-0.39, 0.29) is 125 Å². The van der Waals surface area contributed by atoms with Gasteiger partial charge in [-0.15, -0.1) is 0 Å². The highest BCUT2D eigenvalue weighted by molar-refractivity contribution is 7.47. The van der Waals surface area contributed by atoms with Crippen LogP contribution in [0.4, 0.5) is 23.3 Å². The van der Waals surface area contributed by atoms with E-state index in [1.165, 1.54) is 105 Å². The number of fused-ring (bicyclic) bond motifs is 2. The number of nitrogens with two attached hydrogens (primary N) is 2. The number of phosphoric acid groups is 1. The Hall–Kier alpha value is -7.67. The van der Waals surface area contributed by atoms with Crippen LogP contribution >= 0.6 is 7.82 Å². The molecule has 2 aromatic carbocycles. The molecule has 0 bridgehead atoms. The molecule has 2 atom stereocenters.